The molecule has 0 radical (unpaired) electrons. The average molecular weight is 291 g/mol. The third kappa shape index (κ3) is 3.30. The minimum atomic E-state index is -1.41. The second-order valence-electron chi connectivity index (χ2n) is 2.15. The number of carboxylic acid groups (broad SMARTS) is 1. The molecule has 12 heavy (non-hydrogen) atoms. The SMILES string of the molecule is O=C(O)C(O)c1ccccc1.[Ba+2].[H-].[H-]. The molecule has 0 aromatic heterocycles. The summed E-state index contributed by atoms with van der Waals surface area (Å²) in [5, 5.41) is 17.4. The summed E-state index contributed by atoms with van der Waals surface area (Å²) in [6.07, 6.45) is -1.41. The summed E-state index contributed by atoms with van der Waals surface area (Å²) in [5.74, 6) is -1.23. The summed E-state index contributed by atoms with van der Waals surface area (Å²) in [6.45, 7) is 0. The number of carboxylic acids is 1. The van der Waals surface area contributed by atoms with Crippen molar-refractivity contribution in [2.45, 2.75) is 6.10 Å². The van der Waals surface area contributed by atoms with E-state index in [9.17, 15) is 4.79 Å². The molecule has 0 aliphatic rings. The Balaban J connectivity index is -0.000000403. The molecule has 0 aliphatic carbocycles. The molecule has 0 bridgehead atoms. The molecule has 0 spiro atoms. The van der Waals surface area contributed by atoms with E-state index in [2.05, 4.69) is 0 Å². The van der Waals surface area contributed by atoms with E-state index in [1.54, 1.807) is 30.3 Å². The first-order valence-corrected chi connectivity index (χ1v) is 3.17. The van der Waals surface area contributed by atoms with Gasteiger partial charge in [0.15, 0.2) is 6.10 Å². The quantitative estimate of drug-likeness (QED) is 0.787. The molecule has 4 heteroatoms. The van der Waals surface area contributed by atoms with Gasteiger partial charge in [0.2, 0.25) is 0 Å². The van der Waals surface area contributed by atoms with Gasteiger partial charge in [0.25, 0.3) is 0 Å². The molecular weight excluding hydrogens is 281 g/mol. The van der Waals surface area contributed by atoms with Crippen LogP contribution in [-0.4, -0.2) is 65.1 Å². The second kappa shape index (κ2) is 5.80. The van der Waals surface area contributed by atoms with E-state index in [1.165, 1.54) is 0 Å². The first kappa shape index (κ1) is 12.2. The van der Waals surface area contributed by atoms with E-state index in [0.29, 0.717) is 5.56 Å². The molecule has 1 unspecified atom stereocenters. The topological polar surface area (TPSA) is 57.5 Å². The Kier molecular flexibility index (Phi) is 5.90. The summed E-state index contributed by atoms with van der Waals surface area (Å²) in [5.41, 5.74) is 0.403. The molecule has 0 heterocycles. The molecular formula is C8H10BaO3. The molecule has 3 nitrogen and oxygen atoms in total. The van der Waals surface area contributed by atoms with E-state index in [-0.39, 0.29) is 51.7 Å². The molecule has 0 amide bonds. The molecule has 0 saturated heterocycles. The van der Waals surface area contributed by atoms with Crippen LogP contribution in [0.5, 0.6) is 0 Å². The fourth-order valence-corrected chi connectivity index (χ4v) is 0.778. The molecule has 1 aromatic carbocycles. The van der Waals surface area contributed by atoms with Gasteiger partial charge in [-0.1, -0.05) is 30.3 Å². The van der Waals surface area contributed by atoms with Crippen LogP contribution >= 0.6 is 0 Å². The number of aliphatic carboxylic acids is 1. The Morgan fingerprint density at radius 1 is 1.33 bits per heavy atom. The molecule has 2 N–H and O–H groups in total. The van der Waals surface area contributed by atoms with E-state index in [1.807, 2.05) is 0 Å². The van der Waals surface area contributed by atoms with Crippen LogP contribution in [0.25, 0.3) is 0 Å². The van der Waals surface area contributed by atoms with Gasteiger partial charge in [-0.15, -0.1) is 0 Å². The zero-order valence-corrected chi connectivity index (χ0v) is 10.9. The van der Waals surface area contributed by atoms with Crippen molar-refractivity contribution in [1.29, 1.82) is 0 Å². The van der Waals surface area contributed by atoms with Gasteiger partial charge in [0, 0.05) is 0 Å². The van der Waals surface area contributed by atoms with Gasteiger partial charge in [-0.2, -0.15) is 0 Å². The molecule has 62 valence electrons. The van der Waals surface area contributed by atoms with Crippen molar-refractivity contribution in [3.63, 3.8) is 0 Å². The summed E-state index contributed by atoms with van der Waals surface area (Å²) in [6, 6.07) is 8.26. The maximum atomic E-state index is 10.2. The van der Waals surface area contributed by atoms with Crippen LogP contribution < -0.4 is 0 Å². The summed E-state index contributed by atoms with van der Waals surface area (Å²) in [7, 11) is 0. The van der Waals surface area contributed by atoms with E-state index in [4.69, 9.17) is 10.2 Å². The maximum absolute atomic E-state index is 10.2. The number of hydrogen-bond donors (Lipinski definition) is 2. The van der Waals surface area contributed by atoms with Gasteiger partial charge < -0.3 is 13.1 Å². The van der Waals surface area contributed by atoms with Gasteiger partial charge in [-0.05, 0) is 5.56 Å². The summed E-state index contributed by atoms with van der Waals surface area (Å²) >= 11 is 0. The first-order valence-electron chi connectivity index (χ1n) is 3.17. The van der Waals surface area contributed by atoms with Gasteiger partial charge >= 0.3 is 54.9 Å². The predicted octanol–water partition coefficient (Wildman–Crippen LogP) is 0.649. The Hall–Kier alpha value is 0.221. The first-order chi connectivity index (χ1) is 5.22. The normalized spacial score (nSPS) is 11.4. The van der Waals surface area contributed by atoms with Crippen molar-refractivity contribution in [1.82, 2.24) is 0 Å². The molecule has 1 aromatic rings. The van der Waals surface area contributed by atoms with Crippen molar-refractivity contribution < 1.29 is 17.9 Å². The zero-order chi connectivity index (χ0) is 8.27. The standard InChI is InChI=1S/C8H8O3.Ba.2H/c9-7(8(10)11)6-4-2-1-3-5-6;;;/h1-5,7,9H,(H,10,11);;;/q;+2;2*-1. The predicted molar refractivity (Wildman–Crippen MR) is 47.0 cm³/mol. The Labute approximate surface area is 113 Å². The third-order valence-electron chi connectivity index (χ3n) is 1.35. The molecule has 0 aliphatic heterocycles. The maximum Gasteiger partial charge on any atom is 2.00 e. The number of benzene rings is 1. The van der Waals surface area contributed by atoms with Gasteiger partial charge in [0.1, 0.15) is 0 Å². The zero-order valence-electron chi connectivity index (χ0n) is 8.47. The van der Waals surface area contributed by atoms with Crippen LogP contribution in [0.1, 0.15) is 14.5 Å². The molecule has 0 fully saturated rings. The second-order valence-corrected chi connectivity index (χ2v) is 2.15. The van der Waals surface area contributed by atoms with Crippen LogP contribution in [0.2, 0.25) is 0 Å². The van der Waals surface area contributed by atoms with Gasteiger partial charge in [0.05, 0.1) is 0 Å². The number of carbonyl (C=O) groups is 1. The van der Waals surface area contributed by atoms with Crippen molar-refractivity contribution in [3.05, 3.63) is 35.9 Å². The van der Waals surface area contributed by atoms with Crippen LogP contribution in [0.3, 0.4) is 0 Å². The van der Waals surface area contributed by atoms with Gasteiger partial charge in [-0.25, -0.2) is 4.79 Å². The van der Waals surface area contributed by atoms with Gasteiger partial charge in [-0.3, -0.25) is 0 Å². The van der Waals surface area contributed by atoms with Crippen molar-refractivity contribution in [2.24, 2.45) is 0 Å². The largest absolute Gasteiger partial charge is 2.00 e. The molecule has 1 rings (SSSR count). The average Bonchev–Trinajstić information content (AvgIpc) is 2.05. The fourth-order valence-electron chi connectivity index (χ4n) is 0.778. The Morgan fingerprint density at radius 3 is 2.25 bits per heavy atom. The minimum Gasteiger partial charge on any atom is -1.00 e. The number of aliphatic hydroxyl groups excluding tert-OH is 1. The van der Waals surface area contributed by atoms with E-state index in [0.717, 1.165) is 0 Å². The van der Waals surface area contributed by atoms with Crippen molar-refractivity contribution >= 4 is 54.9 Å². The Bertz CT molecular complexity index is 256. The van der Waals surface area contributed by atoms with Crippen LogP contribution in [0.15, 0.2) is 30.3 Å². The number of aliphatic hydroxyl groups is 1. The van der Waals surface area contributed by atoms with Crippen molar-refractivity contribution in [2.75, 3.05) is 0 Å². The summed E-state index contributed by atoms with van der Waals surface area (Å²) in [4.78, 5) is 10.2. The summed E-state index contributed by atoms with van der Waals surface area (Å²) < 4.78 is 0. The monoisotopic (exact) mass is 292 g/mol. The number of hydrogen-bond acceptors (Lipinski definition) is 2. The fraction of sp³-hybridized carbons (Fsp3) is 0.125. The van der Waals surface area contributed by atoms with Crippen molar-refractivity contribution in [3.8, 4) is 0 Å². The molecule has 1 atom stereocenters. The Morgan fingerprint density at radius 2 is 1.83 bits per heavy atom. The van der Waals surface area contributed by atoms with E-state index >= 15 is 0 Å². The third-order valence-corrected chi connectivity index (χ3v) is 1.35. The molecule has 0 saturated carbocycles. The van der Waals surface area contributed by atoms with Crippen LogP contribution in [-0.2, 0) is 4.79 Å². The minimum absolute atomic E-state index is 0. The smallest absolute Gasteiger partial charge is 1.00 e. The van der Waals surface area contributed by atoms with E-state index < -0.39 is 12.1 Å². The number of rotatable bonds is 2. The van der Waals surface area contributed by atoms with Crippen LogP contribution in [0.4, 0.5) is 0 Å². The van der Waals surface area contributed by atoms with Crippen LogP contribution in [0, 0.1) is 0 Å².